The average Bonchev–Trinajstić information content (AvgIpc) is 3.40. The third-order valence-electron chi connectivity index (χ3n) is 7.98. The summed E-state index contributed by atoms with van der Waals surface area (Å²) in [4.78, 5) is 28.8. The van der Waals surface area contributed by atoms with Gasteiger partial charge >= 0.3 is 0 Å². The van der Waals surface area contributed by atoms with Crippen molar-refractivity contribution in [3.05, 3.63) is 71.2 Å². The van der Waals surface area contributed by atoms with Gasteiger partial charge in [-0.25, -0.2) is 4.90 Å². The Morgan fingerprint density at radius 2 is 1.83 bits per heavy atom. The Morgan fingerprint density at radius 1 is 1.11 bits per heavy atom. The third-order valence-corrected chi connectivity index (χ3v) is 8.23. The van der Waals surface area contributed by atoms with Crippen molar-refractivity contribution in [3.63, 3.8) is 0 Å². The Hall–Kier alpha value is -3.44. The second-order valence-electron chi connectivity index (χ2n) is 9.88. The zero-order valence-corrected chi connectivity index (χ0v) is 20.2. The number of halogens is 1. The molecule has 3 aromatic carbocycles. The van der Waals surface area contributed by atoms with Crippen LogP contribution < -0.4 is 9.64 Å². The molecule has 2 bridgehead atoms. The second kappa shape index (κ2) is 8.04. The highest BCUT2D eigenvalue weighted by molar-refractivity contribution is 6.30. The molecule has 0 radical (unpaired) electrons. The first-order chi connectivity index (χ1) is 17.3. The number of aliphatic hydroxyl groups is 1. The molecule has 8 heteroatoms. The minimum atomic E-state index is -1.20. The highest BCUT2D eigenvalue weighted by Crippen LogP contribution is 2.62. The first-order valence-electron chi connectivity index (χ1n) is 11.9. The largest absolute Gasteiger partial charge is 0.493 e. The molecule has 0 saturated carbocycles. The molecule has 3 fully saturated rings. The lowest BCUT2D eigenvalue weighted by Gasteiger charge is -2.33. The van der Waals surface area contributed by atoms with Gasteiger partial charge < -0.3 is 14.6 Å². The van der Waals surface area contributed by atoms with Gasteiger partial charge in [0.05, 0.1) is 41.4 Å². The molecule has 3 saturated heterocycles. The molecular formula is C28H23ClN2O5. The molecule has 3 aliphatic rings. The van der Waals surface area contributed by atoms with Crippen molar-refractivity contribution in [2.45, 2.75) is 37.1 Å². The van der Waals surface area contributed by atoms with E-state index >= 15 is 0 Å². The van der Waals surface area contributed by atoms with Crippen LogP contribution in [0.15, 0.2) is 60.7 Å². The van der Waals surface area contributed by atoms with Crippen molar-refractivity contribution in [1.82, 2.24) is 0 Å². The standard InChI is InChI=1S/C28H23ClN2O5/c1-27-22(32)14-28(36-27,12-13-35-18-9-7-17(29)8-10-18)24-23(27)25(33)31(26(24)34)21-11-6-16-4-2-3-5-19(16)20(21)15-30/h2-11,22-24,32H,12-14H2,1H3. The Bertz CT molecular complexity index is 1450. The molecule has 3 heterocycles. The van der Waals surface area contributed by atoms with Crippen LogP contribution in [0.3, 0.4) is 0 Å². The van der Waals surface area contributed by atoms with Crippen molar-refractivity contribution in [3.8, 4) is 11.8 Å². The minimum Gasteiger partial charge on any atom is -0.493 e. The van der Waals surface area contributed by atoms with Gasteiger partial charge in [-0.05, 0) is 42.6 Å². The number of rotatable bonds is 5. The zero-order chi connectivity index (χ0) is 25.2. The Morgan fingerprint density at radius 3 is 2.58 bits per heavy atom. The van der Waals surface area contributed by atoms with Crippen LogP contribution >= 0.6 is 11.6 Å². The normalized spacial score (nSPS) is 30.6. The van der Waals surface area contributed by atoms with E-state index in [2.05, 4.69) is 6.07 Å². The fourth-order valence-corrected chi connectivity index (χ4v) is 6.42. The SMILES string of the molecule is CC12OC(CCOc3ccc(Cl)cc3)(CC1O)C1C(=O)N(c3ccc4ccccc4c3C#N)C(=O)C12. The summed E-state index contributed by atoms with van der Waals surface area (Å²) in [6, 6.07) is 20.0. The summed E-state index contributed by atoms with van der Waals surface area (Å²) in [5, 5.41) is 23.0. The monoisotopic (exact) mass is 502 g/mol. The fraction of sp³-hybridized carbons (Fsp3) is 0.321. The topological polar surface area (TPSA) is 99.9 Å². The van der Waals surface area contributed by atoms with Crippen LogP contribution in [-0.2, 0) is 14.3 Å². The van der Waals surface area contributed by atoms with E-state index in [9.17, 15) is 20.0 Å². The van der Waals surface area contributed by atoms with Crippen LogP contribution in [0.1, 0.15) is 25.3 Å². The van der Waals surface area contributed by atoms with Crippen LogP contribution in [0.5, 0.6) is 5.75 Å². The highest BCUT2D eigenvalue weighted by atomic mass is 35.5. The average molecular weight is 503 g/mol. The number of benzene rings is 3. The van der Waals surface area contributed by atoms with E-state index in [1.165, 1.54) is 0 Å². The maximum Gasteiger partial charge on any atom is 0.240 e. The van der Waals surface area contributed by atoms with E-state index in [1.54, 1.807) is 49.4 Å². The van der Waals surface area contributed by atoms with E-state index in [0.717, 1.165) is 10.3 Å². The second-order valence-corrected chi connectivity index (χ2v) is 10.3. The number of carbonyl (C=O) groups is 2. The summed E-state index contributed by atoms with van der Waals surface area (Å²) >= 11 is 5.94. The number of anilines is 1. The molecule has 5 unspecified atom stereocenters. The molecule has 36 heavy (non-hydrogen) atoms. The number of carbonyl (C=O) groups excluding carboxylic acids is 2. The summed E-state index contributed by atoms with van der Waals surface area (Å²) in [5.41, 5.74) is -1.70. The van der Waals surface area contributed by atoms with Gasteiger partial charge in [0.2, 0.25) is 11.8 Å². The van der Waals surface area contributed by atoms with E-state index in [1.807, 2.05) is 18.2 Å². The van der Waals surface area contributed by atoms with Gasteiger partial charge in [-0.1, -0.05) is 41.9 Å². The van der Waals surface area contributed by atoms with Crippen LogP contribution in [0.25, 0.3) is 10.8 Å². The Kier molecular flexibility index (Phi) is 5.13. The van der Waals surface area contributed by atoms with Gasteiger partial charge in [-0.2, -0.15) is 5.26 Å². The maximum atomic E-state index is 13.9. The molecule has 2 amide bonds. The number of fused-ring (bicyclic) bond motifs is 6. The first kappa shape index (κ1) is 23.0. The van der Waals surface area contributed by atoms with Crippen LogP contribution in [-0.4, -0.2) is 40.8 Å². The van der Waals surface area contributed by atoms with E-state index < -0.39 is 41.0 Å². The fourth-order valence-electron chi connectivity index (χ4n) is 6.30. The van der Waals surface area contributed by atoms with Gasteiger partial charge in [0.25, 0.3) is 0 Å². The number of aliphatic hydroxyl groups excluding tert-OH is 1. The molecule has 0 aliphatic carbocycles. The summed E-state index contributed by atoms with van der Waals surface area (Å²) in [7, 11) is 0. The van der Waals surface area contributed by atoms with Gasteiger partial charge in [-0.15, -0.1) is 0 Å². The van der Waals surface area contributed by atoms with Crippen molar-refractivity contribution < 1.29 is 24.2 Å². The van der Waals surface area contributed by atoms with Crippen molar-refractivity contribution in [2.75, 3.05) is 11.5 Å². The molecule has 182 valence electrons. The van der Waals surface area contributed by atoms with Gasteiger partial charge in [0.15, 0.2) is 0 Å². The number of hydrogen-bond acceptors (Lipinski definition) is 6. The van der Waals surface area contributed by atoms with Crippen LogP contribution in [0.2, 0.25) is 5.02 Å². The van der Waals surface area contributed by atoms with Crippen molar-refractivity contribution >= 4 is 39.9 Å². The number of nitriles is 1. The smallest absolute Gasteiger partial charge is 0.240 e. The van der Waals surface area contributed by atoms with Gasteiger partial charge in [-0.3, -0.25) is 9.59 Å². The molecule has 5 atom stereocenters. The Balaban J connectivity index is 1.35. The lowest BCUT2D eigenvalue weighted by Crippen LogP contribution is -2.49. The molecule has 0 aromatic heterocycles. The van der Waals surface area contributed by atoms with Gasteiger partial charge in [0, 0.05) is 23.3 Å². The van der Waals surface area contributed by atoms with Gasteiger partial charge in [0.1, 0.15) is 17.4 Å². The molecular weight excluding hydrogens is 480 g/mol. The first-order valence-corrected chi connectivity index (χ1v) is 12.2. The summed E-state index contributed by atoms with van der Waals surface area (Å²) in [5.74, 6) is -1.85. The van der Waals surface area contributed by atoms with Crippen molar-refractivity contribution in [2.24, 2.45) is 11.8 Å². The Labute approximate surface area is 212 Å². The summed E-state index contributed by atoms with van der Waals surface area (Å²) in [6.07, 6.45) is -0.360. The van der Waals surface area contributed by atoms with Crippen LogP contribution in [0, 0.1) is 23.2 Å². The number of ether oxygens (including phenoxy) is 2. The molecule has 6 rings (SSSR count). The minimum absolute atomic E-state index is 0.227. The number of nitrogens with zero attached hydrogens (tertiary/aromatic N) is 2. The third kappa shape index (κ3) is 3.12. The molecule has 0 spiro atoms. The molecule has 1 N–H and O–H groups in total. The van der Waals surface area contributed by atoms with E-state index in [-0.39, 0.29) is 24.3 Å². The molecule has 7 nitrogen and oxygen atoms in total. The molecule has 3 aromatic rings. The number of hydrogen-bond donors (Lipinski definition) is 1. The predicted molar refractivity (Wildman–Crippen MR) is 133 cm³/mol. The highest BCUT2D eigenvalue weighted by Gasteiger charge is 2.77. The van der Waals surface area contributed by atoms with E-state index in [0.29, 0.717) is 22.6 Å². The quantitative estimate of drug-likeness (QED) is 0.524. The lowest BCUT2D eigenvalue weighted by atomic mass is 9.66. The zero-order valence-electron chi connectivity index (χ0n) is 19.5. The lowest BCUT2D eigenvalue weighted by molar-refractivity contribution is -0.134. The number of amides is 2. The summed E-state index contributed by atoms with van der Waals surface area (Å²) in [6.45, 7) is 1.93. The summed E-state index contributed by atoms with van der Waals surface area (Å²) < 4.78 is 12.2. The molecule has 3 aliphatic heterocycles. The number of imide groups is 1. The predicted octanol–water partition coefficient (Wildman–Crippen LogP) is 4.23. The van der Waals surface area contributed by atoms with Crippen LogP contribution in [0.4, 0.5) is 5.69 Å². The maximum absolute atomic E-state index is 13.9. The van der Waals surface area contributed by atoms with Crippen molar-refractivity contribution in [1.29, 1.82) is 5.26 Å². The van der Waals surface area contributed by atoms with E-state index in [4.69, 9.17) is 21.1 Å².